The summed E-state index contributed by atoms with van der Waals surface area (Å²) in [6.45, 7) is 6.51. The maximum absolute atomic E-state index is 12.1. The second-order valence-corrected chi connectivity index (χ2v) is 5.35. The molecule has 1 rings (SSSR count). The van der Waals surface area contributed by atoms with E-state index in [1.165, 1.54) is 11.1 Å². The molecule has 0 fully saturated rings. The molecule has 102 valence electrons. The lowest BCUT2D eigenvalue weighted by molar-refractivity contribution is -0.133. The number of hydrogen-bond acceptors (Lipinski definition) is 2. The van der Waals surface area contributed by atoms with Gasteiger partial charge in [0.1, 0.15) is 5.92 Å². The van der Waals surface area contributed by atoms with Crippen LogP contribution in [0.5, 0.6) is 0 Å². The highest BCUT2D eigenvalue weighted by Crippen LogP contribution is 2.13. The Morgan fingerprint density at radius 2 is 1.89 bits per heavy atom. The zero-order valence-corrected chi connectivity index (χ0v) is 12.2. The van der Waals surface area contributed by atoms with E-state index >= 15 is 0 Å². The van der Waals surface area contributed by atoms with Gasteiger partial charge in [-0.25, -0.2) is 0 Å². The summed E-state index contributed by atoms with van der Waals surface area (Å²) in [5.74, 6) is -0.563. The minimum atomic E-state index is -0.539. The minimum absolute atomic E-state index is 0.0549. The molecular formula is C16H22N2O. The standard InChI is InChI=1S/C16H22N2O/c1-12(2)15(11-17)16(19)18(4)10-9-14-7-5-13(3)6-8-14/h5-8,12,15H,9-10H2,1-4H3. The number of amides is 1. The molecule has 0 spiro atoms. The van der Waals surface area contributed by atoms with Crippen LogP contribution in [0.25, 0.3) is 0 Å². The van der Waals surface area contributed by atoms with E-state index in [9.17, 15) is 4.79 Å². The van der Waals surface area contributed by atoms with Crippen LogP contribution in [0, 0.1) is 30.1 Å². The first kappa shape index (κ1) is 15.2. The van der Waals surface area contributed by atoms with Crippen molar-refractivity contribution in [3.63, 3.8) is 0 Å². The summed E-state index contributed by atoms with van der Waals surface area (Å²) in [6.07, 6.45) is 0.818. The van der Waals surface area contributed by atoms with E-state index in [1.807, 2.05) is 13.8 Å². The van der Waals surface area contributed by atoms with Crippen molar-refractivity contribution in [2.75, 3.05) is 13.6 Å². The molecule has 0 bridgehead atoms. The Balaban J connectivity index is 2.55. The molecule has 1 unspecified atom stereocenters. The Bertz CT molecular complexity index is 457. The number of hydrogen-bond donors (Lipinski definition) is 0. The first-order chi connectivity index (χ1) is 8.95. The van der Waals surface area contributed by atoms with E-state index < -0.39 is 5.92 Å². The van der Waals surface area contributed by atoms with E-state index in [1.54, 1.807) is 11.9 Å². The third-order valence-electron chi connectivity index (χ3n) is 3.30. The van der Waals surface area contributed by atoms with Gasteiger partial charge < -0.3 is 4.90 Å². The van der Waals surface area contributed by atoms with Crippen LogP contribution < -0.4 is 0 Å². The van der Waals surface area contributed by atoms with Gasteiger partial charge in [0.15, 0.2) is 0 Å². The molecule has 0 aliphatic heterocycles. The molecule has 0 N–H and O–H groups in total. The normalized spacial score (nSPS) is 12.0. The third-order valence-corrected chi connectivity index (χ3v) is 3.30. The van der Waals surface area contributed by atoms with Crippen LogP contribution in [0.15, 0.2) is 24.3 Å². The molecule has 0 aliphatic rings. The summed E-state index contributed by atoms with van der Waals surface area (Å²) in [6, 6.07) is 10.4. The van der Waals surface area contributed by atoms with Crippen molar-refractivity contribution in [3.8, 4) is 6.07 Å². The predicted molar refractivity (Wildman–Crippen MR) is 76.5 cm³/mol. The smallest absolute Gasteiger partial charge is 0.239 e. The third kappa shape index (κ3) is 4.40. The number of nitrogens with zero attached hydrogens (tertiary/aromatic N) is 2. The van der Waals surface area contributed by atoms with Gasteiger partial charge in [0.2, 0.25) is 5.91 Å². The first-order valence-corrected chi connectivity index (χ1v) is 6.66. The van der Waals surface area contributed by atoms with E-state index in [-0.39, 0.29) is 11.8 Å². The summed E-state index contributed by atoms with van der Waals surface area (Å²) in [5.41, 5.74) is 2.45. The summed E-state index contributed by atoms with van der Waals surface area (Å²) in [5, 5.41) is 9.03. The Morgan fingerprint density at radius 3 is 2.37 bits per heavy atom. The molecule has 1 aromatic carbocycles. The molecule has 0 radical (unpaired) electrons. The second-order valence-electron chi connectivity index (χ2n) is 5.35. The minimum Gasteiger partial charge on any atom is -0.344 e. The van der Waals surface area contributed by atoms with Crippen molar-refractivity contribution in [1.82, 2.24) is 4.90 Å². The highest BCUT2D eigenvalue weighted by Gasteiger charge is 2.24. The molecule has 0 saturated carbocycles. The molecule has 0 aromatic heterocycles. The van der Waals surface area contributed by atoms with Crippen molar-refractivity contribution in [3.05, 3.63) is 35.4 Å². The fourth-order valence-electron chi connectivity index (χ4n) is 1.89. The Morgan fingerprint density at radius 1 is 1.32 bits per heavy atom. The topological polar surface area (TPSA) is 44.1 Å². The summed E-state index contributed by atoms with van der Waals surface area (Å²) in [4.78, 5) is 13.8. The summed E-state index contributed by atoms with van der Waals surface area (Å²) < 4.78 is 0. The van der Waals surface area contributed by atoms with Gasteiger partial charge in [-0.3, -0.25) is 4.79 Å². The molecule has 0 saturated heterocycles. The average Bonchev–Trinajstić information content (AvgIpc) is 2.38. The van der Waals surface area contributed by atoms with Crippen LogP contribution in [0.1, 0.15) is 25.0 Å². The van der Waals surface area contributed by atoms with Crippen LogP contribution in [0.4, 0.5) is 0 Å². The SMILES string of the molecule is Cc1ccc(CCN(C)C(=O)C(C#N)C(C)C)cc1. The summed E-state index contributed by atoms with van der Waals surface area (Å²) >= 11 is 0. The number of likely N-dealkylation sites (N-methyl/N-ethyl adjacent to an activating group) is 1. The van der Waals surface area contributed by atoms with Crippen molar-refractivity contribution in [2.24, 2.45) is 11.8 Å². The van der Waals surface area contributed by atoms with Crippen LogP contribution in [-0.2, 0) is 11.2 Å². The lowest BCUT2D eigenvalue weighted by atomic mass is 9.96. The molecule has 1 atom stereocenters. The molecule has 3 heteroatoms. The van der Waals surface area contributed by atoms with Crippen LogP contribution in [-0.4, -0.2) is 24.4 Å². The molecule has 0 heterocycles. The number of rotatable bonds is 5. The Kier molecular flexibility index (Phi) is 5.57. The highest BCUT2D eigenvalue weighted by molar-refractivity contribution is 5.81. The zero-order valence-electron chi connectivity index (χ0n) is 12.2. The number of carbonyl (C=O) groups is 1. The zero-order chi connectivity index (χ0) is 14.4. The number of benzene rings is 1. The van der Waals surface area contributed by atoms with E-state index in [4.69, 9.17) is 5.26 Å². The van der Waals surface area contributed by atoms with Gasteiger partial charge in [-0.05, 0) is 24.8 Å². The maximum atomic E-state index is 12.1. The Labute approximate surface area is 115 Å². The van der Waals surface area contributed by atoms with E-state index in [0.717, 1.165) is 6.42 Å². The second kappa shape index (κ2) is 6.94. The van der Waals surface area contributed by atoms with Gasteiger partial charge >= 0.3 is 0 Å². The van der Waals surface area contributed by atoms with Crippen molar-refractivity contribution in [2.45, 2.75) is 27.2 Å². The quantitative estimate of drug-likeness (QED) is 0.815. The van der Waals surface area contributed by atoms with Crippen LogP contribution >= 0.6 is 0 Å². The van der Waals surface area contributed by atoms with Crippen molar-refractivity contribution >= 4 is 5.91 Å². The molecule has 3 nitrogen and oxygen atoms in total. The van der Waals surface area contributed by atoms with Gasteiger partial charge in [0.25, 0.3) is 0 Å². The average molecular weight is 258 g/mol. The molecular weight excluding hydrogens is 236 g/mol. The Hall–Kier alpha value is -1.82. The highest BCUT2D eigenvalue weighted by atomic mass is 16.2. The number of carbonyl (C=O) groups excluding carboxylic acids is 1. The van der Waals surface area contributed by atoms with Gasteiger partial charge in [-0.2, -0.15) is 5.26 Å². The van der Waals surface area contributed by atoms with Crippen LogP contribution in [0.3, 0.4) is 0 Å². The molecule has 1 aromatic rings. The van der Waals surface area contributed by atoms with Gasteiger partial charge in [0, 0.05) is 13.6 Å². The lowest BCUT2D eigenvalue weighted by Gasteiger charge is -2.22. The van der Waals surface area contributed by atoms with Gasteiger partial charge in [0.05, 0.1) is 6.07 Å². The summed E-state index contributed by atoms with van der Waals surface area (Å²) in [7, 11) is 1.77. The van der Waals surface area contributed by atoms with Gasteiger partial charge in [-0.1, -0.05) is 43.7 Å². The molecule has 19 heavy (non-hydrogen) atoms. The van der Waals surface area contributed by atoms with Crippen molar-refractivity contribution in [1.29, 1.82) is 5.26 Å². The van der Waals surface area contributed by atoms with Gasteiger partial charge in [-0.15, -0.1) is 0 Å². The largest absolute Gasteiger partial charge is 0.344 e. The fraction of sp³-hybridized carbons (Fsp3) is 0.500. The number of aryl methyl sites for hydroxylation is 1. The lowest BCUT2D eigenvalue weighted by Crippen LogP contribution is -2.36. The molecule has 1 amide bonds. The molecule has 0 aliphatic carbocycles. The predicted octanol–water partition coefficient (Wildman–Crippen LogP) is 2.79. The van der Waals surface area contributed by atoms with E-state index in [2.05, 4.69) is 37.3 Å². The van der Waals surface area contributed by atoms with Crippen molar-refractivity contribution < 1.29 is 4.79 Å². The monoisotopic (exact) mass is 258 g/mol. The number of nitriles is 1. The first-order valence-electron chi connectivity index (χ1n) is 6.66. The van der Waals surface area contributed by atoms with E-state index in [0.29, 0.717) is 6.54 Å². The van der Waals surface area contributed by atoms with Crippen LogP contribution in [0.2, 0.25) is 0 Å². The fourth-order valence-corrected chi connectivity index (χ4v) is 1.89. The maximum Gasteiger partial charge on any atom is 0.239 e.